The number of carbonyl (C=O) groups is 1. The quantitative estimate of drug-likeness (QED) is 0.691. The number of carbonyl (C=O) groups excluding carboxylic acids is 1. The molecule has 1 heterocycles. The fourth-order valence-electron chi connectivity index (χ4n) is 2.84. The van der Waals surface area contributed by atoms with Gasteiger partial charge in [0.1, 0.15) is 11.3 Å². The number of hydrogen-bond acceptors (Lipinski definition) is 4. The summed E-state index contributed by atoms with van der Waals surface area (Å²) in [5.41, 5.74) is 2.16. The maximum Gasteiger partial charge on any atom is 0.395 e. The second kappa shape index (κ2) is 6.78. The fraction of sp³-hybridized carbons (Fsp3) is 0.300. The minimum Gasteiger partial charge on any atom is -0.440 e. The molecular weight excluding hydrogens is 335 g/mol. The zero-order chi connectivity index (χ0) is 18.9. The van der Waals surface area contributed by atoms with E-state index in [0.717, 1.165) is 5.56 Å². The van der Waals surface area contributed by atoms with Crippen LogP contribution in [0.1, 0.15) is 26.3 Å². The highest BCUT2D eigenvalue weighted by Gasteiger charge is 2.29. The van der Waals surface area contributed by atoms with Gasteiger partial charge in [-0.15, -0.1) is 0 Å². The van der Waals surface area contributed by atoms with Crippen LogP contribution >= 0.6 is 0 Å². The first kappa shape index (κ1) is 17.9. The molecule has 0 bridgehead atoms. The average Bonchev–Trinajstić information content (AvgIpc) is 2.96. The summed E-state index contributed by atoms with van der Waals surface area (Å²) in [6.45, 7) is 7.27. The molecule has 136 valence electrons. The lowest BCUT2D eigenvalue weighted by Crippen LogP contribution is -2.48. The molecular formula is C20H21FN2O3. The lowest BCUT2D eigenvalue weighted by molar-refractivity contribution is -0.121. The Bertz CT molecular complexity index is 944. The number of fused-ring (bicyclic) bond motifs is 1. The molecule has 5 nitrogen and oxygen atoms in total. The maximum atomic E-state index is 13.6. The molecule has 0 unspecified atom stereocenters. The molecule has 2 aromatic carbocycles. The van der Waals surface area contributed by atoms with Crippen molar-refractivity contribution in [3.8, 4) is 6.08 Å². The molecule has 1 amide bonds. The van der Waals surface area contributed by atoms with Gasteiger partial charge in [0, 0.05) is 11.2 Å². The number of rotatable bonds is 4. The van der Waals surface area contributed by atoms with Crippen LogP contribution in [0.3, 0.4) is 0 Å². The summed E-state index contributed by atoms with van der Waals surface area (Å²) in [7, 11) is 0. The second-order valence-electron chi connectivity index (χ2n) is 7.07. The lowest BCUT2D eigenvalue weighted by Gasteiger charge is -2.35. The van der Waals surface area contributed by atoms with Crippen molar-refractivity contribution in [2.24, 2.45) is 0 Å². The zero-order valence-corrected chi connectivity index (χ0v) is 15.2. The summed E-state index contributed by atoms with van der Waals surface area (Å²) < 4.78 is 24.6. The van der Waals surface area contributed by atoms with E-state index in [-0.39, 0.29) is 18.6 Å². The fourth-order valence-corrected chi connectivity index (χ4v) is 2.84. The van der Waals surface area contributed by atoms with E-state index in [4.69, 9.17) is 9.15 Å². The number of halogens is 1. The van der Waals surface area contributed by atoms with Crippen LogP contribution in [0.4, 0.5) is 10.1 Å². The lowest BCUT2D eigenvalue weighted by atomic mass is 10.0. The monoisotopic (exact) mass is 356 g/mol. The van der Waals surface area contributed by atoms with Crippen molar-refractivity contribution in [3.63, 3.8) is 0 Å². The third kappa shape index (κ3) is 3.69. The van der Waals surface area contributed by atoms with Gasteiger partial charge in [-0.3, -0.25) is 4.79 Å². The Morgan fingerprint density at radius 3 is 2.62 bits per heavy atom. The van der Waals surface area contributed by atoms with Crippen LogP contribution in [-0.2, 0) is 4.79 Å². The third-order valence-electron chi connectivity index (χ3n) is 3.90. The van der Waals surface area contributed by atoms with Crippen molar-refractivity contribution in [1.82, 2.24) is 4.98 Å². The number of oxazole rings is 1. The molecule has 0 radical (unpaired) electrons. The molecule has 6 heteroatoms. The van der Waals surface area contributed by atoms with Crippen molar-refractivity contribution in [3.05, 3.63) is 53.8 Å². The van der Waals surface area contributed by atoms with Crippen molar-refractivity contribution >= 4 is 22.7 Å². The second-order valence-corrected chi connectivity index (χ2v) is 7.07. The van der Waals surface area contributed by atoms with E-state index in [1.807, 2.05) is 45.9 Å². The minimum absolute atomic E-state index is 0.0377. The van der Waals surface area contributed by atoms with Crippen molar-refractivity contribution in [2.45, 2.75) is 33.2 Å². The molecule has 0 aliphatic rings. The minimum atomic E-state index is -0.549. The van der Waals surface area contributed by atoms with E-state index < -0.39 is 11.4 Å². The number of aromatic nitrogens is 1. The first-order valence-electron chi connectivity index (χ1n) is 8.33. The van der Waals surface area contributed by atoms with Crippen LogP contribution < -0.4 is 9.64 Å². The van der Waals surface area contributed by atoms with Gasteiger partial charge >= 0.3 is 6.08 Å². The highest BCUT2D eigenvalue weighted by atomic mass is 19.1. The number of hydrogen-bond donors (Lipinski definition) is 0. The topological polar surface area (TPSA) is 55.6 Å². The van der Waals surface area contributed by atoms with Gasteiger partial charge in [-0.05, 0) is 57.5 Å². The first-order valence-corrected chi connectivity index (χ1v) is 8.33. The maximum absolute atomic E-state index is 13.6. The van der Waals surface area contributed by atoms with E-state index >= 15 is 0 Å². The van der Waals surface area contributed by atoms with Gasteiger partial charge in [0.2, 0.25) is 0 Å². The molecule has 0 saturated heterocycles. The number of anilines is 1. The van der Waals surface area contributed by atoms with E-state index in [9.17, 15) is 9.18 Å². The number of aryl methyl sites for hydroxylation is 1. The largest absolute Gasteiger partial charge is 0.440 e. The normalized spacial score (nSPS) is 11.6. The van der Waals surface area contributed by atoms with Crippen LogP contribution in [0.25, 0.3) is 11.1 Å². The summed E-state index contributed by atoms with van der Waals surface area (Å²) in [4.78, 5) is 18.5. The molecule has 0 saturated carbocycles. The van der Waals surface area contributed by atoms with E-state index in [2.05, 4.69) is 4.98 Å². The first-order chi connectivity index (χ1) is 12.3. The molecule has 3 rings (SSSR count). The van der Waals surface area contributed by atoms with Gasteiger partial charge in [0.25, 0.3) is 5.91 Å². The number of ether oxygens (including phenoxy) is 1. The Labute approximate surface area is 151 Å². The average molecular weight is 356 g/mol. The highest BCUT2D eigenvalue weighted by molar-refractivity contribution is 5.95. The number of para-hydroxylation sites is 1. The van der Waals surface area contributed by atoms with Gasteiger partial charge in [-0.25, -0.2) is 4.39 Å². The highest BCUT2D eigenvalue weighted by Crippen LogP contribution is 2.26. The van der Waals surface area contributed by atoms with Crippen LogP contribution in [0, 0.1) is 12.7 Å². The predicted octanol–water partition coefficient (Wildman–Crippen LogP) is 4.49. The number of amides is 1. The Hall–Kier alpha value is -2.89. The van der Waals surface area contributed by atoms with E-state index in [1.54, 1.807) is 12.1 Å². The van der Waals surface area contributed by atoms with Crippen LogP contribution in [0.15, 0.2) is 46.9 Å². The van der Waals surface area contributed by atoms with Gasteiger partial charge in [-0.1, -0.05) is 18.2 Å². The molecule has 0 aliphatic carbocycles. The molecule has 0 fully saturated rings. The van der Waals surface area contributed by atoms with Crippen molar-refractivity contribution in [1.29, 1.82) is 0 Å². The summed E-state index contributed by atoms with van der Waals surface area (Å²) in [6, 6.07) is 11.5. The van der Waals surface area contributed by atoms with Crippen molar-refractivity contribution in [2.75, 3.05) is 11.5 Å². The molecule has 0 N–H and O–H groups in total. The summed E-state index contributed by atoms with van der Waals surface area (Å²) >= 11 is 0. The SMILES string of the molecule is Cc1cccc2nc(OCC(=O)N(c3cccc(F)c3)C(C)(C)C)oc12. The van der Waals surface area contributed by atoms with Gasteiger partial charge in [0.05, 0.1) is 0 Å². The van der Waals surface area contributed by atoms with Crippen LogP contribution in [0.5, 0.6) is 6.08 Å². The van der Waals surface area contributed by atoms with Gasteiger partial charge in [0.15, 0.2) is 12.2 Å². The Morgan fingerprint density at radius 1 is 1.23 bits per heavy atom. The standard InChI is InChI=1S/C20H21FN2O3/c1-13-7-5-10-16-18(13)26-19(22-16)25-12-17(24)23(20(2,3)4)15-9-6-8-14(21)11-15/h5-11H,12H2,1-4H3. The summed E-state index contributed by atoms with van der Waals surface area (Å²) in [5, 5.41) is 0. The van der Waals surface area contributed by atoms with E-state index in [1.165, 1.54) is 17.0 Å². The molecule has 3 aromatic rings. The Morgan fingerprint density at radius 2 is 1.96 bits per heavy atom. The summed E-state index contributed by atoms with van der Waals surface area (Å²) in [6.07, 6.45) is 0.0377. The zero-order valence-electron chi connectivity index (χ0n) is 15.2. The molecule has 26 heavy (non-hydrogen) atoms. The number of nitrogens with zero attached hydrogens (tertiary/aromatic N) is 2. The smallest absolute Gasteiger partial charge is 0.395 e. The molecule has 0 spiro atoms. The Balaban J connectivity index is 1.80. The molecule has 0 atom stereocenters. The molecule has 0 aliphatic heterocycles. The summed E-state index contributed by atoms with van der Waals surface area (Å²) in [5.74, 6) is -0.720. The van der Waals surface area contributed by atoms with Crippen molar-refractivity contribution < 1.29 is 18.3 Å². The van der Waals surface area contributed by atoms with Crippen LogP contribution in [-0.4, -0.2) is 23.0 Å². The van der Waals surface area contributed by atoms with Crippen LogP contribution in [0.2, 0.25) is 0 Å². The Kier molecular flexibility index (Phi) is 4.68. The number of benzene rings is 2. The predicted molar refractivity (Wildman–Crippen MR) is 97.9 cm³/mol. The third-order valence-corrected chi connectivity index (χ3v) is 3.90. The van der Waals surface area contributed by atoms with E-state index in [0.29, 0.717) is 16.8 Å². The van der Waals surface area contributed by atoms with Gasteiger partial charge in [-0.2, -0.15) is 4.98 Å². The molecule has 1 aromatic heterocycles. The van der Waals surface area contributed by atoms with Gasteiger partial charge < -0.3 is 14.1 Å².